The molecular weight excluding hydrogens is 348 g/mol. The van der Waals surface area contributed by atoms with Crippen molar-refractivity contribution in [2.75, 3.05) is 12.3 Å². The van der Waals surface area contributed by atoms with Gasteiger partial charge in [0.1, 0.15) is 4.99 Å². The number of thioether (sulfide) groups is 1. The van der Waals surface area contributed by atoms with Crippen molar-refractivity contribution >= 4 is 50.6 Å². The van der Waals surface area contributed by atoms with E-state index in [1.165, 1.54) is 18.2 Å². The first kappa shape index (κ1) is 17.0. The molecule has 1 heterocycles. The minimum atomic E-state index is -3.58. The SMILES string of the molecule is CC1(CNS(=O)(=O)c2ccc(C(N)=S)c(Cl)c2)CCCS1. The average Bonchev–Trinajstić information content (AvgIpc) is 2.84. The van der Waals surface area contributed by atoms with Crippen molar-refractivity contribution in [3.63, 3.8) is 0 Å². The van der Waals surface area contributed by atoms with E-state index in [1.54, 1.807) is 11.8 Å². The van der Waals surface area contributed by atoms with Crippen LogP contribution in [-0.2, 0) is 10.0 Å². The van der Waals surface area contributed by atoms with Gasteiger partial charge in [0.15, 0.2) is 0 Å². The van der Waals surface area contributed by atoms with E-state index in [2.05, 4.69) is 11.6 Å². The van der Waals surface area contributed by atoms with Gasteiger partial charge in [0, 0.05) is 16.9 Å². The largest absolute Gasteiger partial charge is 0.389 e. The van der Waals surface area contributed by atoms with Gasteiger partial charge in [0.25, 0.3) is 0 Å². The number of nitrogens with two attached hydrogens (primary N) is 1. The molecule has 1 aromatic carbocycles. The Balaban J connectivity index is 2.16. The van der Waals surface area contributed by atoms with Crippen molar-refractivity contribution in [3.05, 3.63) is 28.8 Å². The van der Waals surface area contributed by atoms with Crippen LogP contribution in [0.3, 0.4) is 0 Å². The first-order chi connectivity index (χ1) is 9.73. The Kier molecular flexibility index (Phi) is 5.20. The normalized spacial score (nSPS) is 22.4. The lowest BCUT2D eigenvalue weighted by Gasteiger charge is -2.22. The van der Waals surface area contributed by atoms with Gasteiger partial charge in [-0.1, -0.05) is 23.8 Å². The van der Waals surface area contributed by atoms with Crippen molar-refractivity contribution in [3.8, 4) is 0 Å². The number of hydrogen-bond donors (Lipinski definition) is 2. The smallest absolute Gasteiger partial charge is 0.240 e. The number of nitrogens with one attached hydrogen (secondary N) is 1. The first-order valence-electron chi connectivity index (χ1n) is 6.46. The Bertz CT molecular complexity index is 655. The molecule has 0 amide bonds. The fraction of sp³-hybridized carbons (Fsp3) is 0.462. The van der Waals surface area contributed by atoms with E-state index in [1.807, 2.05) is 0 Å². The Morgan fingerprint density at radius 1 is 1.57 bits per heavy atom. The zero-order valence-corrected chi connectivity index (χ0v) is 14.8. The van der Waals surface area contributed by atoms with E-state index in [4.69, 9.17) is 29.6 Å². The summed E-state index contributed by atoms with van der Waals surface area (Å²) in [6, 6.07) is 4.38. The third kappa shape index (κ3) is 4.10. The summed E-state index contributed by atoms with van der Waals surface area (Å²) in [5.41, 5.74) is 5.99. The van der Waals surface area contributed by atoms with E-state index in [0.29, 0.717) is 12.1 Å². The van der Waals surface area contributed by atoms with Crippen LogP contribution in [0.5, 0.6) is 0 Å². The van der Waals surface area contributed by atoms with Crippen LogP contribution in [-0.4, -0.2) is 30.5 Å². The lowest BCUT2D eigenvalue weighted by atomic mass is 10.1. The minimum absolute atomic E-state index is 0.0321. The van der Waals surface area contributed by atoms with Crippen LogP contribution < -0.4 is 10.5 Å². The highest BCUT2D eigenvalue weighted by atomic mass is 35.5. The van der Waals surface area contributed by atoms with Crippen LogP contribution in [0.25, 0.3) is 0 Å². The molecule has 21 heavy (non-hydrogen) atoms. The van der Waals surface area contributed by atoms with E-state index in [-0.39, 0.29) is 19.7 Å². The average molecular weight is 365 g/mol. The van der Waals surface area contributed by atoms with Crippen LogP contribution in [0.4, 0.5) is 0 Å². The molecule has 0 radical (unpaired) electrons. The second kappa shape index (κ2) is 6.42. The quantitative estimate of drug-likeness (QED) is 0.785. The van der Waals surface area contributed by atoms with E-state index in [0.717, 1.165) is 18.6 Å². The molecular formula is C13H17ClN2O2S3. The molecule has 0 saturated carbocycles. The van der Waals surface area contributed by atoms with E-state index < -0.39 is 10.0 Å². The van der Waals surface area contributed by atoms with Crippen LogP contribution in [0.15, 0.2) is 23.1 Å². The highest BCUT2D eigenvalue weighted by Gasteiger charge is 2.31. The van der Waals surface area contributed by atoms with E-state index >= 15 is 0 Å². The van der Waals surface area contributed by atoms with Crippen molar-refractivity contribution in [1.29, 1.82) is 0 Å². The molecule has 0 aliphatic carbocycles. The van der Waals surface area contributed by atoms with Crippen molar-refractivity contribution in [2.24, 2.45) is 5.73 Å². The van der Waals surface area contributed by atoms with Crippen LogP contribution in [0, 0.1) is 0 Å². The molecule has 0 spiro atoms. The molecule has 1 saturated heterocycles. The predicted molar refractivity (Wildman–Crippen MR) is 92.6 cm³/mol. The molecule has 8 heteroatoms. The molecule has 0 bridgehead atoms. The highest BCUT2D eigenvalue weighted by molar-refractivity contribution is 8.01. The molecule has 1 aliphatic heterocycles. The number of rotatable bonds is 5. The number of sulfonamides is 1. The fourth-order valence-electron chi connectivity index (χ4n) is 2.17. The van der Waals surface area contributed by atoms with Crippen molar-refractivity contribution < 1.29 is 8.42 Å². The second-order valence-electron chi connectivity index (χ2n) is 5.23. The van der Waals surface area contributed by atoms with Gasteiger partial charge in [-0.3, -0.25) is 0 Å². The monoisotopic (exact) mass is 364 g/mol. The Morgan fingerprint density at radius 3 is 2.81 bits per heavy atom. The summed E-state index contributed by atoms with van der Waals surface area (Å²) >= 11 is 12.7. The number of thiocarbonyl (C=S) groups is 1. The summed E-state index contributed by atoms with van der Waals surface area (Å²) in [6.07, 6.45) is 2.14. The lowest BCUT2D eigenvalue weighted by molar-refractivity contribution is 0.552. The number of hydrogen-bond acceptors (Lipinski definition) is 4. The molecule has 1 aliphatic rings. The molecule has 4 nitrogen and oxygen atoms in total. The molecule has 2 rings (SSSR count). The Hall–Kier alpha value is -0.340. The van der Waals surface area contributed by atoms with Gasteiger partial charge in [0.05, 0.1) is 9.92 Å². The van der Waals surface area contributed by atoms with Gasteiger partial charge in [-0.15, -0.1) is 0 Å². The zero-order chi connectivity index (χ0) is 15.7. The van der Waals surface area contributed by atoms with Gasteiger partial charge in [-0.2, -0.15) is 11.8 Å². The van der Waals surface area contributed by atoms with Crippen molar-refractivity contribution in [2.45, 2.75) is 29.4 Å². The Morgan fingerprint density at radius 2 is 2.29 bits per heavy atom. The summed E-state index contributed by atoms with van der Waals surface area (Å²) < 4.78 is 27.3. The standard InChI is InChI=1S/C13H17ClN2O2S3/c1-13(5-2-6-20-13)8-16-21(17,18)9-3-4-10(12(15)19)11(14)7-9/h3-4,7,16H,2,5-6,8H2,1H3,(H2,15,19). The van der Waals surface area contributed by atoms with Gasteiger partial charge >= 0.3 is 0 Å². The summed E-state index contributed by atoms with van der Waals surface area (Å²) in [5, 5.41) is 0.242. The molecule has 1 aromatic rings. The van der Waals surface area contributed by atoms with E-state index in [9.17, 15) is 8.42 Å². The lowest BCUT2D eigenvalue weighted by Crippen LogP contribution is -2.36. The Labute approximate surface area is 139 Å². The predicted octanol–water partition coefficient (Wildman–Crippen LogP) is 2.54. The minimum Gasteiger partial charge on any atom is -0.389 e. The maximum absolute atomic E-state index is 12.3. The third-order valence-corrected chi connectivity index (χ3v) is 6.92. The first-order valence-corrected chi connectivity index (χ1v) is 9.72. The zero-order valence-electron chi connectivity index (χ0n) is 11.6. The third-order valence-electron chi connectivity index (χ3n) is 3.45. The molecule has 0 aromatic heterocycles. The number of benzene rings is 1. The molecule has 1 fully saturated rings. The topological polar surface area (TPSA) is 72.2 Å². The number of halogens is 1. The highest BCUT2D eigenvalue weighted by Crippen LogP contribution is 2.37. The summed E-state index contributed by atoms with van der Waals surface area (Å²) in [6.45, 7) is 2.49. The van der Waals surface area contributed by atoms with Crippen LogP contribution >= 0.6 is 35.6 Å². The van der Waals surface area contributed by atoms with Gasteiger partial charge in [0.2, 0.25) is 10.0 Å². The molecule has 3 N–H and O–H groups in total. The van der Waals surface area contributed by atoms with Crippen LogP contribution in [0.1, 0.15) is 25.3 Å². The molecule has 1 atom stereocenters. The second-order valence-corrected chi connectivity index (χ2v) is 9.53. The van der Waals surface area contributed by atoms with Gasteiger partial charge in [-0.05, 0) is 43.7 Å². The van der Waals surface area contributed by atoms with Gasteiger partial charge < -0.3 is 5.73 Å². The van der Waals surface area contributed by atoms with Crippen LogP contribution in [0.2, 0.25) is 5.02 Å². The van der Waals surface area contributed by atoms with Gasteiger partial charge in [-0.25, -0.2) is 13.1 Å². The maximum Gasteiger partial charge on any atom is 0.240 e. The summed E-state index contributed by atoms with van der Waals surface area (Å²) in [4.78, 5) is 0.269. The molecule has 116 valence electrons. The fourth-order valence-corrected chi connectivity index (χ4v) is 5.28. The summed E-state index contributed by atoms with van der Waals surface area (Å²) in [7, 11) is -3.58. The van der Waals surface area contributed by atoms with Crippen molar-refractivity contribution in [1.82, 2.24) is 4.72 Å². The maximum atomic E-state index is 12.3. The molecule has 1 unspecified atom stereocenters. The summed E-state index contributed by atoms with van der Waals surface area (Å²) in [5.74, 6) is 1.08.